The van der Waals surface area contributed by atoms with E-state index in [1.165, 1.54) is 11.1 Å². The van der Waals surface area contributed by atoms with Crippen LogP contribution >= 0.6 is 0 Å². The smallest absolute Gasteiger partial charge is 0.191 e. The van der Waals surface area contributed by atoms with Crippen molar-refractivity contribution in [3.63, 3.8) is 0 Å². The minimum Gasteiger partial charge on any atom is -0.355 e. The normalized spacial score (nSPS) is 11.4. The van der Waals surface area contributed by atoms with Crippen LogP contribution in [0.5, 0.6) is 0 Å². The number of nitrogens with zero attached hydrogens (tertiary/aromatic N) is 2. The Labute approximate surface area is 120 Å². The van der Waals surface area contributed by atoms with Gasteiger partial charge in [0.1, 0.15) is 0 Å². The van der Waals surface area contributed by atoms with Gasteiger partial charge in [0.15, 0.2) is 5.96 Å². The van der Waals surface area contributed by atoms with Crippen molar-refractivity contribution in [3.05, 3.63) is 59.9 Å². The third kappa shape index (κ3) is 4.46. The van der Waals surface area contributed by atoms with E-state index < -0.39 is 0 Å². The van der Waals surface area contributed by atoms with E-state index in [9.17, 15) is 0 Å². The minimum absolute atomic E-state index is 0.783. The molecule has 0 radical (unpaired) electrons. The van der Waals surface area contributed by atoms with Gasteiger partial charge in [-0.05, 0) is 24.6 Å². The molecular weight excluding hydrogens is 248 g/mol. The molecule has 4 heteroatoms. The first-order chi connectivity index (χ1) is 9.78. The standard InChI is InChI=1S/C16H22N4/c1-14-6-5-7-15(12-14)13-19-16(17-2)18-8-11-20-9-3-4-10-20/h3-7,9-10,12H,8,11,13H2,1-2H3,(H2,17,18,19). The zero-order chi connectivity index (χ0) is 14.2. The zero-order valence-electron chi connectivity index (χ0n) is 12.1. The van der Waals surface area contributed by atoms with E-state index in [2.05, 4.69) is 63.8 Å². The quantitative estimate of drug-likeness (QED) is 0.646. The van der Waals surface area contributed by atoms with Gasteiger partial charge in [-0.2, -0.15) is 0 Å². The molecule has 0 amide bonds. The number of aromatic nitrogens is 1. The third-order valence-corrected chi connectivity index (χ3v) is 3.09. The van der Waals surface area contributed by atoms with Crippen LogP contribution in [-0.4, -0.2) is 24.1 Å². The first-order valence-corrected chi connectivity index (χ1v) is 6.89. The maximum Gasteiger partial charge on any atom is 0.191 e. The van der Waals surface area contributed by atoms with Gasteiger partial charge in [0.25, 0.3) is 0 Å². The summed E-state index contributed by atoms with van der Waals surface area (Å²) in [5.74, 6) is 0.832. The van der Waals surface area contributed by atoms with Gasteiger partial charge in [-0.3, -0.25) is 4.99 Å². The summed E-state index contributed by atoms with van der Waals surface area (Å²) in [5, 5.41) is 6.63. The molecule has 1 aromatic carbocycles. The Balaban J connectivity index is 1.75. The maximum atomic E-state index is 4.23. The van der Waals surface area contributed by atoms with Crippen molar-refractivity contribution >= 4 is 5.96 Å². The summed E-state index contributed by atoms with van der Waals surface area (Å²) >= 11 is 0. The van der Waals surface area contributed by atoms with Crippen molar-refractivity contribution in [2.45, 2.75) is 20.0 Å². The molecule has 0 saturated carbocycles. The number of aryl methyl sites for hydroxylation is 1. The van der Waals surface area contributed by atoms with Crippen LogP contribution in [0.1, 0.15) is 11.1 Å². The number of hydrogen-bond donors (Lipinski definition) is 2. The molecule has 1 aromatic heterocycles. The minimum atomic E-state index is 0.783. The van der Waals surface area contributed by atoms with E-state index in [4.69, 9.17) is 0 Å². The van der Waals surface area contributed by atoms with Crippen molar-refractivity contribution in [1.82, 2.24) is 15.2 Å². The van der Waals surface area contributed by atoms with Gasteiger partial charge >= 0.3 is 0 Å². The fraction of sp³-hybridized carbons (Fsp3) is 0.312. The van der Waals surface area contributed by atoms with Crippen LogP contribution in [0.3, 0.4) is 0 Å². The first kappa shape index (κ1) is 14.2. The summed E-state index contributed by atoms with van der Waals surface area (Å²) in [7, 11) is 1.79. The van der Waals surface area contributed by atoms with Crippen LogP contribution in [0.15, 0.2) is 53.8 Å². The first-order valence-electron chi connectivity index (χ1n) is 6.89. The molecule has 0 saturated heterocycles. The Morgan fingerprint density at radius 1 is 1.15 bits per heavy atom. The average Bonchev–Trinajstić information content (AvgIpc) is 2.96. The number of rotatable bonds is 5. The molecule has 0 aliphatic carbocycles. The number of guanidine groups is 1. The number of nitrogens with one attached hydrogen (secondary N) is 2. The fourth-order valence-corrected chi connectivity index (χ4v) is 2.05. The molecule has 0 bridgehead atoms. The molecule has 1 heterocycles. The molecule has 2 N–H and O–H groups in total. The van der Waals surface area contributed by atoms with Gasteiger partial charge in [-0.25, -0.2) is 0 Å². The summed E-state index contributed by atoms with van der Waals surface area (Å²) in [6.07, 6.45) is 4.12. The van der Waals surface area contributed by atoms with E-state index >= 15 is 0 Å². The largest absolute Gasteiger partial charge is 0.355 e. The van der Waals surface area contributed by atoms with Crippen molar-refractivity contribution in [2.24, 2.45) is 4.99 Å². The van der Waals surface area contributed by atoms with Gasteiger partial charge in [0.05, 0.1) is 0 Å². The molecule has 0 aliphatic heterocycles. The van der Waals surface area contributed by atoms with E-state index in [1.807, 2.05) is 12.1 Å². The molecular formula is C16H22N4. The lowest BCUT2D eigenvalue weighted by atomic mass is 10.1. The van der Waals surface area contributed by atoms with Crippen molar-refractivity contribution in [2.75, 3.05) is 13.6 Å². The Morgan fingerprint density at radius 2 is 1.95 bits per heavy atom. The molecule has 2 aromatic rings. The fourth-order valence-electron chi connectivity index (χ4n) is 2.05. The summed E-state index contributed by atoms with van der Waals surface area (Å²) in [4.78, 5) is 4.23. The van der Waals surface area contributed by atoms with Crippen LogP contribution in [0.25, 0.3) is 0 Å². The third-order valence-electron chi connectivity index (χ3n) is 3.09. The molecule has 106 valence electrons. The monoisotopic (exact) mass is 270 g/mol. The van der Waals surface area contributed by atoms with Gasteiger partial charge in [0.2, 0.25) is 0 Å². The highest BCUT2D eigenvalue weighted by Crippen LogP contribution is 2.02. The number of aliphatic imine (C=N–C) groups is 1. The molecule has 20 heavy (non-hydrogen) atoms. The second kappa shape index (κ2) is 7.38. The van der Waals surface area contributed by atoms with Crippen molar-refractivity contribution < 1.29 is 0 Å². The lowest BCUT2D eigenvalue weighted by Gasteiger charge is -2.12. The second-order valence-corrected chi connectivity index (χ2v) is 4.76. The van der Waals surface area contributed by atoms with Gasteiger partial charge in [-0.1, -0.05) is 29.8 Å². The van der Waals surface area contributed by atoms with Gasteiger partial charge in [0, 0.05) is 39.1 Å². The predicted octanol–water partition coefficient (Wildman–Crippen LogP) is 2.16. The Morgan fingerprint density at radius 3 is 2.65 bits per heavy atom. The Hall–Kier alpha value is -2.23. The van der Waals surface area contributed by atoms with E-state index in [1.54, 1.807) is 7.05 Å². The molecule has 0 unspecified atom stereocenters. The summed E-state index contributed by atoms with van der Waals surface area (Å²) in [6, 6.07) is 12.5. The second-order valence-electron chi connectivity index (χ2n) is 4.76. The van der Waals surface area contributed by atoms with E-state index in [0.717, 1.165) is 25.6 Å². The molecule has 0 spiro atoms. The van der Waals surface area contributed by atoms with Gasteiger partial charge in [-0.15, -0.1) is 0 Å². The Bertz CT molecular complexity index is 543. The summed E-state index contributed by atoms with van der Waals surface area (Å²) in [5.41, 5.74) is 2.54. The summed E-state index contributed by atoms with van der Waals surface area (Å²) < 4.78 is 2.14. The molecule has 4 nitrogen and oxygen atoms in total. The van der Waals surface area contributed by atoms with E-state index in [0.29, 0.717) is 0 Å². The highest BCUT2D eigenvalue weighted by Gasteiger charge is 1.98. The summed E-state index contributed by atoms with van der Waals surface area (Å²) in [6.45, 7) is 4.67. The van der Waals surface area contributed by atoms with Crippen LogP contribution in [-0.2, 0) is 13.1 Å². The van der Waals surface area contributed by atoms with Crippen molar-refractivity contribution in [3.8, 4) is 0 Å². The predicted molar refractivity (Wildman–Crippen MR) is 83.8 cm³/mol. The zero-order valence-corrected chi connectivity index (χ0v) is 12.1. The van der Waals surface area contributed by atoms with E-state index in [-0.39, 0.29) is 0 Å². The maximum absolute atomic E-state index is 4.23. The lowest BCUT2D eigenvalue weighted by Crippen LogP contribution is -2.38. The number of hydrogen-bond acceptors (Lipinski definition) is 1. The van der Waals surface area contributed by atoms with Crippen LogP contribution in [0, 0.1) is 6.92 Å². The average molecular weight is 270 g/mol. The SMILES string of the molecule is CN=C(NCCn1cccc1)NCc1cccc(C)c1. The Kier molecular flexibility index (Phi) is 5.24. The van der Waals surface area contributed by atoms with Crippen LogP contribution < -0.4 is 10.6 Å². The topological polar surface area (TPSA) is 41.4 Å². The van der Waals surface area contributed by atoms with Crippen LogP contribution in [0.2, 0.25) is 0 Å². The lowest BCUT2D eigenvalue weighted by molar-refractivity contribution is 0.665. The molecule has 0 atom stereocenters. The van der Waals surface area contributed by atoms with Crippen LogP contribution in [0.4, 0.5) is 0 Å². The number of benzene rings is 1. The van der Waals surface area contributed by atoms with Gasteiger partial charge < -0.3 is 15.2 Å². The highest BCUT2D eigenvalue weighted by atomic mass is 15.2. The highest BCUT2D eigenvalue weighted by molar-refractivity contribution is 5.79. The molecule has 2 rings (SSSR count). The van der Waals surface area contributed by atoms with Crippen molar-refractivity contribution in [1.29, 1.82) is 0 Å². The molecule has 0 aliphatic rings. The molecule has 0 fully saturated rings.